The van der Waals surface area contributed by atoms with Crippen LogP contribution in [0.4, 0.5) is 0 Å². The Morgan fingerprint density at radius 1 is 1.40 bits per heavy atom. The van der Waals surface area contributed by atoms with E-state index in [0.717, 1.165) is 7.11 Å². The summed E-state index contributed by atoms with van der Waals surface area (Å²) in [6.45, 7) is 1.19. The van der Waals surface area contributed by atoms with Gasteiger partial charge in [0.25, 0.3) is 0 Å². The Morgan fingerprint density at radius 2 is 2.00 bits per heavy atom. The Morgan fingerprint density at radius 3 is 2.50 bits per heavy atom. The van der Waals surface area contributed by atoms with E-state index < -0.39 is 37.4 Å². The van der Waals surface area contributed by atoms with Crippen LogP contribution in [0.1, 0.15) is 52.5 Å². The monoisotopic (exact) mass is 150 g/mol. The third kappa shape index (κ3) is 1.76. The predicted molar refractivity (Wildman–Crippen MR) is 42.8 cm³/mol. The first-order valence-corrected chi connectivity index (χ1v) is 2.86. The van der Waals surface area contributed by atoms with Gasteiger partial charge in [0.1, 0.15) is 0 Å². The first-order valence-electron chi connectivity index (χ1n) is 7.86. The Labute approximate surface area is 77.1 Å². The molecule has 0 unspecified atom stereocenters. The smallest absolute Gasteiger partial charge is 0.0916 e. The molecule has 0 aromatic heterocycles. The summed E-state index contributed by atoms with van der Waals surface area (Å²) in [5.41, 5.74) is -0.849. The maximum Gasteiger partial charge on any atom is 0.0916 e. The molecule has 1 fully saturated rings. The van der Waals surface area contributed by atoms with Gasteiger partial charge in [-0.05, 0) is 38.0 Å². The summed E-state index contributed by atoms with van der Waals surface area (Å²) in [6, 6.07) is 0. The maximum atomic E-state index is 7.81. The molecule has 0 N–H and O–H groups in total. The van der Waals surface area contributed by atoms with Crippen molar-refractivity contribution >= 4 is 0 Å². The number of ether oxygens (including phenoxy) is 1. The van der Waals surface area contributed by atoms with E-state index in [0.29, 0.717) is 0 Å². The quantitative estimate of drug-likeness (QED) is 0.522. The van der Waals surface area contributed by atoms with Crippen molar-refractivity contribution < 1.29 is 18.4 Å². The van der Waals surface area contributed by atoms with Gasteiger partial charge >= 0.3 is 0 Å². The van der Waals surface area contributed by atoms with Crippen LogP contribution in [0.3, 0.4) is 0 Å². The number of hydrogen-bond donors (Lipinski definition) is 0. The van der Waals surface area contributed by atoms with Crippen LogP contribution in [0.2, 0.25) is 0 Å². The van der Waals surface area contributed by atoms with Gasteiger partial charge in [-0.15, -0.1) is 0 Å². The molecule has 0 radical (unpaired) electrons. The molecule has 0 atom stereocenters. The molecule has 0 aromatic rings. The molecule has 0 amide bonds. The lowest BCUT2D eigenvalue weighted by molar-refractivity contribution is 0.283. The van der Waals surface area contributed by atoms with Crippen LogP contribution in [0.25, 0.3) is 0 Å². The van der Waals surface area contributed by atoms with Gasteiger partial charge in [-0.1, -0.05) is 6.37 Å². The fourth-order valence-electron chi connectivity index (χ4n) is 0.528. The van der Waals surface area contributed by atoms with Gasteiger partial charge < -0.3 is 4.74 Å². The molecule has 1 heteroatoms. The van der Waals surface area contributed by atoms with Gasteiger partial charge in [-0.3, -0.25) is 0 Å². The molecule has 0 heterocycles. The zero-order valence-corrected chi connectivity index (χ0v) is 5.91. The van der Waals surface area contributed by atoms with E-state index in [1.54, 1.807) is 0 Å². The van der Waals surface area contributed by atoms with Crippen molar-refractivity contribution in [2.24, 2.45) is 0 Å². The number of allylic oxidation sites excluding steroid dienone is 2. The molecule has 0 aliphatic heterocycles. The van der Waals surface area contributed by atoms with Gasteiger partial charge in [0.15, 0.2) is 0 Å². The van der Waals surface area contributed by atoms with Crippen LogP contribution >= 0.6 is 0 Å². The van der Waals surface area contributed by atoms with E-state index in [2.05, 4.69) is 0 Å². The minimum atomic E-state index is -3.37. The molecule has 58 valence electrons. The lowest BCUT2D eigenvalue weighted by atomic mass is 9.94. The van der Waals surface area contributed by atoms with Crippen molar-refractivity contribution in [2.45, 2.75) is 38.8 Å². The number of hydrogen-bond acceptors (Lipinski definition) is 1. The second-order valence-corrected chi connectivity index (χ2v) is 1.76. The van der Waals surface area contributed by atoms with Crippen molar-refractivity contribution in [3.63, 3.8) is 0 Å². The number of rotatable bonds is 1. The summed E-state index contributed by atoms with van der Waals surface area (Å²) in [7, 11) is 1.13. The first kappa shape index (κ1) is 1.82. The number of methoxy groups -OCH3 is 1. The van der Waals surface area contributed by atoms with Crippen molar-refractivity contribution in [3.8, 4) is 0 Å². The highest BCUT2D eigenvalue weighted by Gasteiger charge is 2.07. The summed E-state index contributed by atoms with van der Waals surface area (Å²) < 4.78 is 82.0. The normalized spacial score (nSPS) is 58.8. The molecule has 0 aromatic carbocycles. The van der Waals surface area contributed by atoms with Crippen LogP contribution in [-0.4, -0.2) is 7.11 Å². The Kier molecular flexibility index (Phi) is 0.664. The molecule has 0 spiro atoms. The van der Waals surface area contributed by atoms with E-state index in [1.165, 1.54) is 6.92 Å². The second-order valence-electron chi connectivity index (χ2n) is 1.76. The molecular weight excluding hydrogens is 124 g/mol. The van der Waals surface area contributed by atoms with Gasteiger partial charge in [0.05, 0.1) is 12.9 Å². The summed E-state index contributed by atoms with van der Waals surface area (Å²) in [5, 5.41) is 0. The van der Waals surface area contributed by atoms with Gasteiger partial charge in [-0.25, -0.2) is 0 Å². The van der Waals surface area contributed by atoms with Gasteiger partial charge in [0.2, 0.25) is 0 Å². The molecule has 1 aliphatic rings. The topological polar surface area (TPSA) is 9.23 Å². The highest BCUT2D eigenvalue weighted by atomic mass is 16.5. The summed E-state index contributed by atoms with van der Waals surface area (Å²) in [6.07, 6.45) is -16.0. The van der Waals surface area contributed by atoms with E-state index in [-0.39, 0.29) is 5.76 Å². The van der Waals surface area contributed by atoms with Crippen molar-refractivity contribution in [1.29, 1.82) is 0 Å². The highest BCUT2D eigenvalue weighted by Crippen LogP contribution is 2.25. The van der Waals surface area contributed by atoms with Crippen LogP contribution in [-0.2, 0) is 4.74 Å². The minimum absolute atomic E-state index is 0.303. The summed E-state index contributed by atoms with van der Waals surface area (Å²) >= 11 is 0. The zero-order chi connectivity index (χ0) is 16.4. The second kappa shape index (κ2) is 3.65. The summed E-state index contributed by atoms with van der Waals surface area (Å²) in [4.78, 5) is 0. The highest BCUT2D eigenvalue weighted by molar-refractivity contribution is 5.08. The third-order valence-electron chi connectivity index (χ3n) is 1.16. The van der Waals surface area contributed by atoms with Gasteiger partial charge in [0, 0.05) is 13.7 Å². The first-order chi connectivity index (χ1) is 8.60. The maximum absolute atomic E-state index is 7.81. The van der Waals surface area contributed by atoms with Crippen molar-refractivity contribution in [1.82, 2.24) is 0 Å². The predicted octanol–water partition coefficient (Wildman–Crippen LogP) is 2.87. The SMILES string of the molecule is [2H]C1([2H])C(=C(C)OC)C([2H])([2H])C([2H])([2H])C([2H])([2H])C1([2H])[2H]. The fraction of sp³-hybridized carbons (Fsp3) is 0.778. The van der Waals surface area contributed by atoms with Crippen LogP contribution in [0.15, 0.2) is 11.3 Å². The van der Waals surface area contributed by atoms with Crippen molar-refractivity contribution in [2.75, 3.05) is 7.11 Å². The molecular formula is C9H16O. The molecule has 0 saturated heterocycles. The third-order valence-corrected chi connectivity index (χ3v) is 1.16. The molecule has 1 rings (SSSR count). The Balaban J connectivity index is 3.84. The van der Waals surface area contributed by atoms with E-state index >= 15 is 0 Å². The molecule has 1 aliphatic carbocycles. The van der Waals surface area contributed by atoms with Crippen LogP contribution in [0, 0.1) is 0 Å². The zero-order valence-electron chi connectivity index (χ0n) is 15.9. The van der Waals surface area contributed by atoms with Crippen molar-refractivity contribution in [3.05, 3.63) is 11.3 Å². The molecule has 1 nitrogen and oxygen atoms in total. The molecule has 0 bridgehead atoms. The van der Waals surface area contributed by atoms with Crippen LogP contribution in [0.5, 0.6) is 0 Å². The average Bonchev–Trinajstić information content (AvgIpc) is 2.25. The van der Waals surface area contributed by atoms with E-state index in [9.17, 15) is 0 Å². The lowest BCUT2D eigenvalue weighted by Crippen LogP contribution is -1.97. The minimum Gasteiger partial charge on any atom is -0.501 e. The van der Waals surface area contributed by atoms with E-state index in [4.69, 9.17) is 18.4 Å². The Bertz CT molecular complexity index is 418. The largest absolute Gasteiger partial charge is 0.501 e. The summed E-state index contributed by atoms with van der Waals surface area (Å²) in [5.74, 6) is -0.303. The molecule has 10 heavy (non-hydrogen) atoms. The average molecular weight is 150 g/mol. The standard InChI is InChI=1S/C9H16O/c1-8(10-2)9-6-4-3-5-7-9/h3-7H2,1-2H3/i3D2,4D2,5D2,6D2,7D2. The molecule has 1 saturated carbocycles. The van der Waals surface area contributed by atoms with Crippen LogP contribution < -0.4 is 0 Å². The van der Waals surface area contributed by atoms with E-state index in [1.807, 2.05) is 0 Å². The lowest BCUT2D eigenvalue weighted by Gasteiger charge is -2.15. The fourth-order valence-corrected chi connectivity index (χ4v) is 0.528. The van der Waals surface area contributed by atoms with Gasteiger partial charge in [-0.2, -0.15) is 0 Å². The Hall–Kier alpha value is -0.460.